The molecular weight excluding hydrogens is 361 g/mol. The fraction of sp³-hybridized carbons (Fsp3) is 0.562. The van der Waals surface area contributed by atoms with Crippen LogP contribution in [0, 0.1) is 0 Å². The van der Waals surface area contributed by atoms with Crippen molar-refractivity contribution in [1.82, 2.24) is 15.2 Å². The number of hydrazone groups is 1. The molecular formula is C16H26FN5OS2. The van der Waals surface area contributed by atoms with Crippen LogP contribution in [0.2, 0.25) is 0 Å². The first-order valence-electron chi connectivity index (χ1n) is 8.07. The molecule has 0 aromatic heterocycles. The van der Waals surface area contributed by atoms with Crippen LogP contribution in [-0.4, -0.2) is 64.7 Å². The normalized spacial score (nSPS) is 27.7. The Balaban J connectivity index is 0.00000169. The number of halogens is 1. The molecule has 1 unspecified atom stereocenters. The minimum atomic E-state index is -0.741. The predicted molar refractivity (Wildman–Crippen MR) is 109 cm³/mol. The van der Waals surface area contributed by atoms with E-state index in [0.717, 1.165) is 31.9 Å². The van der Waals surface area contributed by atoms with Crippen molar-refractivity contribution in [2.75, 3.05) is 32.8 Å². The maximum absolute atomic E-state index is 13.5. The van der Waals surface area contributed by atoms with E-state index in [2.05, 4.69) is 31.9 Å². The lowest BCUT2D eigenvalue weighted by atomic mass is 9.87. The van der Waals surface area contributed by atoms with Gasteiger partial charge in [-0.1, -0.05) is 6.58 Å². The fourth-order valence-corrected chi connectivity index (χ4v) is 3.34. The van der Waals surface area contributed by atoms with Crippen LogP contribution in [0.25, 0.3) is 0 Å². The van der Waals surface area contributed by atoms with Crippen LogP contribution in [0.5, 0.6) is 0 Å². The van der Waals surface area contributed by atoms with Crippen molar-refractivity contribution >= 4 is 42.2 Å². The summed E-state index contributed by atoms with van der Waals surface area (Å²) in [6.45, 7) is 9.57. The average Bonchev–Trinajstić information content (AvgIpc) is 2.58. The molecule has 3 rings (SSSR count). The van der Waals surface area contributed by atoms with Crippen LogP contribution >= 0.6 is 25.7 Å². The van der Waals surface area contributed by atoms with E-state index in [9.17, 15) is 4.39 Å². The zero-order valence-electron chi connectivity index (χ0n) is 14.3. The van der Waals surface area contributed by atoms with Gasteiger partial charge in [0.05, 0.1) is 24.2 Å². The summed E-state index contributed by atoms with van der Waals surface area (Å²) in [6, 6.07) is 0. The first-order chi connectivity index (χ1) is 11.5. The van der Waals surface area contributed by atoms with Crippen molar-refractivity contribution in [3.05, 3.63) is 24.8 Å². The first-order valence-corrected chi connectivity index (χ1v) is 8.48. The molecule has 25 heavy (non-hydrogen) atoms. The number of piperazine rings is 1. The van der Waals surface area contributed by atoms with E-state index in [1.807, 2.05) is 13.1 Å². The summed E-state index contributed by atoms with van der Waals surface area (Å²) in [4.78, 5) is 8.45. The number of nitrogens with one attached hydrogen (secondary N) is 1. The molecule has 0 aromatic carbocycles. The fourth-order valence-electron chi connectivity index (χ4n) is 3.12. The molecule has 1 atom stereocenters. The van der Waals surface area contributed by atoms with Gasteiger partial charge in [-0.05, 0) is 25.3 Å². The zero-order chi connectivity index (χ0) is 17.2. The highest BCUT2D eigenvalue weighted by Gasteiger charge is 2.41. The Morgan fingerprint density at radius 2 is 2.24 bits per heavy atom. The molecule has 0 radical (unpaired) electrons. The van der Waals surface area contributed by atoms with Gasteiger partial charge in [-0.25, -0.2) is 4.39 Å². The molecule has 1 N–H and O–H groups in total. The van der Waals surface area contributed by atoms with Crippen molar-refractivity contribution in [2.24, 2.45) is 10.1 Å². The Morgan fingerprint density at radius 3 is 2.92 bits per heavy atom. The van der Waals surface area contributed by atoms with E-state index in [4.69, 9.17) is 17.0 Å². The topological polar surface area (TPSA) is 52.5 Å². The summed E-state index contributed by atoms with van der Waals surface area (Å²) < 4.78 is 19.3. The maximum Gasteiger partial charge on any atom is 0.189 e. The molecule has 3 heterocycles. The molecule has 0 saturated carbocycles. The van der Waals surface area contributed by atoms with E-state index in [0.29, 0.717) is 23.9 Å². The molecule has 0 amide bonds. The highest BCUT2D eigenvalue weighted by atomic mass is 32.1. The Bertz CT molecular complexity index is 634. The number of hydrogen-bond acceptors (Lipinski definition) is 5. The number of thiocarbonyl (C=S) groups is 1. The van der Waals surface area contributed by atoms with Crippen LogP contribution < -0.4 is 5.43 Å². The van der Waals surface area contributed by atoms with Gasteiger partial charge in [0.25, 0.3) is 0 Å². The van der Waals surface area contributed by atoms with Crippen molar-refractivity contribution < 1.29 is 10.6 Å². The summed E-state index contributed by atoms with van der Waals surface area (Å²) >= 11 is 5.43. The molecule has 140 valence electrons. The number of rotatable bonds is 2. The highest BCUT2D eigenvalue weighted by molar-refractivity contribution is 7.80. The first kappa shape index (κ1) is 19.9. The minimum absolute atomic E-state index is 0. The molecule has 3 aliphatic heterocycles. The molecule has 2 saturated heterocycles. The van der Waals surface area contributed by atoms with Crippen LogP contribution in [-0.2, 0) is 4.74 Å². The molecule has 2 fully saturated rings. The van der Waals surface area contributed by atoms with E-state index < -0.39 is 5.60 Å². The van der Waals surface area contributed by atoms with Gasteiger partial charge in [-0.15, -0.1) is 0 Å². The van der Waals surface area contributed by atoms with Gasteiger partial charge in [0.2, 0.25) is 0 Å². The van der Waals surface area contributed by atoms with Crippen molar-refractivity contribution in [3.8, 4) is 0 Å². The maximum atomic E-state index is 13.5. The molecule has 3 aliphatic rings. The average molecular weight is 388 g/mol. The largest absolute Gasteiger partial charge is 0.374 e. The lowest BCUT2D eigenvalue weighted by molar-refractivity contribution is 0.0162. The summed E-state index contributed by atoms with van der Waals surface area (Å²) in [5, 5.41) is 5.03. The SMILES string of the molecule is C=CN1CCN(C(=S)N/N=C2/CCOC3(C)CC(F)=CN=C23)CC1.S.[HH]. The third kappa shape index (κ3) is 4.39. The second-order valence-electron chi connectivity index (χ2n) is 6.24. The molecule has 0 bridgehead atoms. The van der Waals surface area contributed by atoms with E-state index in [1.165, 1.54) is 6.20 Å². The van der Waals surface area contributed by atoms with Gasteiger partial charge in [0.15, 0.2) is 5.11 Å². The van der Waals surface area contributed by atoms with Gasteiger partial charge in [0, 0.05) is 40.4 Å². The number of nitrogens with zero attached hydrogens (tertiary/aromatic N) is 4. The molecule has 0 spiro atoms. The number of fused-ring (bicyclic) bond motifs is 1. The Hall–Kier alpha value is -1.45. The third-order valence-corrected chi connectivity index (χ3v) is 4.87. The van der Waals surface area contributed by atoms with Crippen molar-refractivity contribution in [2.45, 2.75) is 25.4 Å². The smallest absolute Gasteiger partial charge is 0.189 e. The molecule has 0 aromatic rings. The van der Waals surface area contributed by atoms with Crippen LogP contribution in [0.15, 0.2) is 34.9 Å². The Kier molecular flexibility index (Phi) is 6.59. The number of ether oxygens (including phenoxy) is 1. The second kappa shape index (κ2) is 8.29. The van der Waals surface area contributed by atoms with Crippen LogP contribution in [0.1, 0.15) is 21.2 Å². The summed E-state index contributed by atoms with van der Waals surface area (Å²) in [5.74, 6) is -0.272. The van der Waals surface area contributed by atoms with Crippen LogP contribution in [0.4, 0.5) is 4.39 Å². The van der Waals surface area contributed by atoms with Crippen molar-refractivity contribution in [1.29, 1.82) is 0 Å². The Morgan fingerprint density at radius 1 is 1.52 bits per heavy atom. The van der Waals surface area contributed by atoms with Gasteiger partial charge < -0.3 is 14.5 Å². The van der Waals surface area contributed by atoms with E-state index in [-0.39, 0.29) is 27.2 Å². The number of hydrogen-bond donors (Lipinski definition) is 1. The van der Waals surface area contributed by atoms with Gasteiger partial charge in [-0.3, -0.25) is 10.4 Å². The monoisotopic (exact) mass is 387 g/mol. The molecule has 0 aliphatic carbocycles. The lowest BCUT2D eigenvalue weighted by Crippen LogP contribution is -2.51. The predicted octanol–water partition coefficient (Wildman–Crippen LogP) is 2.17. The Labute approximate surface area is 161 Å². The van der Waals surface area contributed by atoms with Gasteiger partial charge >= 0.3 is 0 Å². The summed E-state index contributed by atoms with van der Waals surface area (Å²) in [5.41, 5.74) is 3.69. The zero-order valence-corrected chi connectivity index (χ0v) is 16.1. The standard InChI is InChI=1S/C16H22FN5OS.H2S.H2/c1-3-21-5-7-22(8-6-21)15(24)20-19-13-4-9-23-16(2)10-12(17)11-18-14(13)16;;/h3,11H,1,4-10H2,2H3,(H,20,24);1H2;1H/b19-13-;;. The summed E-state index contributed by atoms with van der Waals surface area (Å²) in [6.07, 6.45) is 3.92. The van der Waals surface area contributed by atoms with Crippen molar-refractivity contribution in [3.63, 3.8) is 0 Å². The van der Waals surface area contributed by atoms with Gasteiger partial charge in [0.1, 0.15) is 11.4 Å². The van der Waals surface area contributed by atoms with Crippen LogP contribution in [0.3, 0.4) is 0 Å². The molecule has 6 nitrogen and oxygen atoms in total. The third-order valence-electron chi connectivity index (χ3n) is 4.52. The second-order valence-corrected chi connectivity index (χ2v) is 6.63. The van der Waals surface area contributed by atoms with E-state index >= 15 is 0 Å². The molecule has 9 heteroatoms. The van der Waals surface area contributed by atoms with E-state index in [1.54, 1.807) is 0 Å². The highest BCUT2D eigenvalue weighted by Crippen LogP contribution is 2.31. The van der Waals surface area contributed by atoms with Gasteiger partial charge in [-0.2, -0.15) is 18.6 Å². The minimum Gasteiger partial charge on any atom is -0.374 e. The number of aliphatic imine (C=N–C) groups is 1. The summed E-state index contributed by atoms with van der Waals surface area (Å²) in [7, 11) is 0. The quantitative estimate of drug-likeness (QED) is 0.581. The lowest BCUT2D eigenvalue weighted by Gasteiger charge is -2.37.